The molecule has 16 heavy (non-hydrogen) atoms. The lowest BCUT2D eigenvalue weighted by molar-refractivity contribution is 0.208. The van der Waals surface area contributed by atoms with Gasteiger partial charge in [0.15, 0.2) is 0 Å². The van der Waals surface area contributed by atoms with E-state index in [0.29, 0.717) is 5.92 Å². The van der Waals surface area contributed by atoms with Crippen LogP contribution in [0.15, 0.2) is 24.3 Å². The molecule has 1 aliphatic carbocycles. The first-order valence-electron chi connectivity index (χ1n) is 6.17. The monoisotopic (exact) mass is 219 g/mol. The van der Waals surface area contributed by atoms with Crippen LogP contribution >= 0.6 is 0 Å². The Labute approximate surface area is 97.8 Å². The summed E-state index contributed by atoms with van der Waals surface area (Å²) in [6, 6.07) is 8.28. The van der Waals surface area contributed by atoms with E-state index in [2.05, 4.69) is 12.1 Å². The summed E-state index contributed by atoms with van der Waals surface area (Å²) in [7, 11) is 1.74. The van der Waals surface area contributed by atoms with Crippen LogP contribution in [0.5, 0.6) is 5.75 Å². The fraction of sp³-hybridized carbons (Fsp3) is 0.571. The summed E-state index contributed by atoms with van der Waals surface area (Å²) in [5.74, 6) is 2.47. The molecule has 1 saturated carbocycles. The van der Waals surface area contributed by atoms with Gasteiger partial charge in [-0.05, 0) is 36.4 Å². The van der Waals surface area contributed by atoms with E-state index in [-0.39, 0.29) is 0 Å². The third-order valence-corrected chi connectivity index (χ3v) is 3.79. The summed E-state index contributed by atoms with van der Waals surface area (Å²) in [6.45, 7) is 0.794. The maximum atomic E-state index is 5.88. The molecule has 2 rings (SSSR count). The van der Waals surface area contributed by atoms with Crippen LogP contribution in [0.25, 0.3) is 0 Å². The number of hydrogen-bond acceptors (Lipinski definition) is 2. The highest BCUT2D eigenvalue weighted by Gasteiger charge is 2.26. The molecule has 0 aromatic heterocycles. The van der Waals surface area contributed by atoms with Crippen molar-refractivity contribution in [3.63, 3.8) is 0 Å². The molecule has 1 aromatic rings. The van der Waals surface area contributed by atoms with Crippen LogP contribution in [0, 0.1) is 11.8 Å². The Hall–Kier alpha value is -1.02. The van der Waals surface area contributed by atoms with Gasteiger partial charge in [-0.2, -0.15) is 0 Å². The topological polar surface area (TPSA) is 35.2 Å². The maximum absolute atomic E-state index is 5.88. The van der Waals surface area contributed by atoms with E-state index in [1.54, 1.807) is 7.11 Å². The van der Waals surface area contributed by atoms with Crippen LogP contribution in [-0.2, 0) is 6.42 Å². The predicted octanol–water partition coefficient (Wildman–Crippen LogP) is 2.61. The van der Waals surface area contributed by atoms with Crippen molar-refractivity contribution >= 4 is 0 Å². The van der Waals surface area contributed by atoms with Gasteiger partial charge in [0.2, 0.25) is 0 Å². The van der Waals surface area contributed by atoms with Gasteiger partial charge in [0.1, 0.15) is 5.75 Å². The molecule has 88 valence electrons. The fourth-order valence-corrected chi connectivity index (χ4v) is 2.51. The summed E-state index contributed by atoms with van der Waals surface area (Å²) in [6.07, 6.45) is 5.16. The Morgan fingerprint density at radius 2 is 2.12 bits per heavy atom. The van der Waals surface area contributed by atoms with Crippen LogP contribution < -0.4 is 10.5 Å². The number of methoxy groups -OCH3 is 1. The molecule has 1 aliphatic rings. The fourth-order valence-electron chi connectivity index (χ4n) is 2.51. The third-order valence-electron chi connectivity index (χ3n) is 3.79. The van der Waals surface area contributed by atoms with Gasteiger partial charge in [0.05, 0.1) is 7.11 Å². The third kappa shape index (κ3) is 2.38. The quantitative estimate of drug-likeness (QED) is 0.826. The first-order valence-corrected chi connectivity index (χ1v) is 6.17. The Bertz CT molecular complexity index is 333. The second kappa shape index (κ2) is 5.35. The molecule has 0 aliphatic heterocycles. The van der Waals surface area contributed by atoms with Crippen LogP contribution in [0.1, 0.15) is 24.8 Å². The first-order chi connectivity index (χ1) is 7.85. The predicted molar refractivity (Wildman–Crippen MR) is 66.6 cm³/mol. The van der Waals surface area contributed by atoms with Crippen molar-refractivity contribution in [2.75, 3.05) is 13.7 Å². The minimum absolute atomic E-state index is 0.630. The minimum Gasteiger partial charge on any atom is -0.496 e. The Balaban J connectivity index is 2.05. The number of nitrogens with two attached hydrogens (primary N) is 1. The van der Waals surface area contributed by atoms with Crippen LogP contribution in [-0.4, -0.2) is 13.7 Å². The van der Waals surface area contributed by atoms with Gasteiger partial charge in [-0.1, -0.05) is 37.5 Å². The molecule has 0 heterocycles. The number of benzene rings is 1. The van der Waals surface area contributed by atoms with Crippen molar-refractivity contribution in [3.8, 4) is 5.75 Å². The minimum atomic E-state index is 0.630. The lowest BCUT2D eigenvalue weighted by Crippen LogP contribution is -2.30. The molecule has 2 heteroatoms. The molecule has 0 bridgehead atoms. The number of rotatable bonds is 5. The summed E-state index contributed by atoms with van der Waals surface area (Å²) in [4.78, 5) is 0. The van der Waals surface area contributed by atoms with Crippen molar-refractivity contribution < 1.29 is 4.74 Å². The van der Waals surface area contributed by atoms with E-state index in [9.17, 15) is 0 Å². The normalized spacial score (nSPS) is 17.9. The molecule has 0 spiro atoms. The van der Waals surface area contributed by atoms with E-state index in [1.807, 2.05) is 12.1 Å². The van der Waals surface area contributed by atoms with Gasteiger partial charge in [-0.25, -0.2) is 0 Å². The van der Waals surface area contributed by atoms with Crippen molar-refractivity contribution in [1.82, 2.24) is 0 Å². The summed E-state index contributed by atoms with van der Waals surface area (Å²) >= 11 is 0. The highest BCUT2D eigenvalue weighted by molar-refractivity contribution is 5.33. The van der Waals surface area contributed by atoms with Gasteiger partial charge in [0, 0.05) is 0 Å². The van der Waals surface area contributed by atoms with E-state index in [1.165, 1.54) is 24.8 Å². The lowest BCUT2D eigenvalue weighted by atomic mass is 9.73. The average Bonchev–Trinajstić information content (AvgIpc) is 2.26. The molecule has 1 unspecified atom stereocenters. The molecular formula is C14H21NO. The van der Waals surface area contributed by atoms with Gasteiger partial charge < -0.3 is 10.5 Å². The van der Waals surface area contributed by atoms with Crippen molar-refractivity contribution in [2.45, 2.75) is 25.7 Å². The molecule has 1 atom stereocenters. The highest BCUT2D eigenvalue weighted by atomic mass is 16.5. The second-order valence-corrected chi connectivity index (χ2v) is 4.70. The molecule has 1 aromatic carbocycles. The van der Waals surface area contributed by atoms with Crippen molar-refractivity contribution in [1.29, 1.82) is 0 Å². The Morgan fingerprint density at radius 3 is 2.69 bits per heavy atom. The SMILES string of the molecule is COc1ccccc1CC(CN)C1CCC1. The molecule has 0 radical (unpaired) electrons. The van der Waals surface area contributed by atoms with Gasteiger partial charge in [-0.15, -0.1) is 0 Å². The molecular weight excluding hydrogens is 198 g/mol. The van der Waals surface area contributed by atoms with E-state index >= 15 is 0 Å². The van der Waals surface area contributed by atoms with Gasteiger partial charge in [-0.3, -0.25) is 0 Å². The van der Waals surface area contributed by atoms with E-state index in [0.717, 1.165) is 24.6 Å². The summed E-state index contributed by atoms with van der Waals surface area (Å²) < 4.78 is 5.38. The molecule has 2 nitrogen and oxygen atoms in total. The van der Waals surface area contributed by atoms with Crippen LogP contribution in [0.4, 0.5) is 0 Å². The van der Waals surface area contributed by atoms with Crippen LogP contribution in [0.3, 0.4) is 0 Å². The largest absolute Gasteiger partial charge is 0.496 e. The van der Waals surface area contributed by atoms with E-state index in [4.69, 9.17) is 10.5 Å². The first kappa shape index (κ1) is 11.5. The molecule has 1 fully saturated rings. The number of ether oxygens (including phenoxy) is 1. The Kier molecular flexibility index (Phi) is 3.83. The number of para-hydroxylation sites is 1. The van der Waals surface area contributed by atoms with Gasteiger partial charge >= 0.3 is 0 Å². The zero-order valence-electron chi connectivity index (χ0n) is 9.99. The van der Waals surface area contributed by atoms with Crippen molar-refractivity contribution in [3.05, 3.63) is 29.8 Å². The molecule has 0 amide bonds. The highest BCUT2D eigenvalue weighted by Crippen LogP contribution is 2.35. The zero-order valence-corrected chi connectivity index (χ0v) is 9.99. The molecule has 0 saturated heterocycles. The van der Waals surface area contributed by atoms with Crippen LogP contribution in [0.2, 0.25) is 0 Å². The second-order valence-electron chi connectivity index (χ2n) is 4.70. The van der Waals surface area contributed by atoms with Gasteiger partial charge in [0.25, 0.3) is 0 Å². The maximum Gasteiger partial charge on any atom is 0.122 e. The standard InChI is InChI=1S/C14H21NO/c1-16-14-8-3-2-5-12(14)9-13(10-15)11-6-4-7-11/h2-3,5,8,11,13H,4,6-7,9-10,15H2,1H3. The summed E-state index contributed by atoms with van der Waals surface area (Å²) in [5.41, 5.74) is 7.18. The smallest absolute Gasteiger partial charge is 0.122 e. The Morgan fingerprint density at radius 1 is 1.38 bits per heavy atom. The summed E-state index contributed by atoms with van der Waals surface area (Å²) in [5, 5.41) is 0. The molecule has 2 N–H and O–H groups in total. The zero-order chi connectivity index (χ0) is 11.4. The van der Waals surface area contributed by atoms with Crippen molar-refractivity contribution in [2.24, 2.45) is 17.6 Å². The van der Waals surface area contributed by atoms with E-state index < -0.39 is 0 Å². The average molecular weight is 219 g/mol. The number of hydrogen-bond donors (Lipinski definition) is 1. The lowest BCUT2D eigenvalue weighted by Gasteiger charge is -2.33.